The molecule has 2 atom stereocenters. The third-order valence-electron chi connectivity index (χ3n) is 2.96. The molecule has 2 heterocycles. The highest BCUT2D eigenvalue weighted by Crippen LogP contribution is 2.09. The first-order valence-electron chi connectivity index (χ1n) is 5.74. The molecule has 0 aromatic carbocycles. The highest BCUT2D eigenvalue weighted by atomic mass is 15.0. The smallest absolute Gasteiger partial charge is 0.0570 e. The molecule has 3 heteroatoms. The summed E-state index contributed by atoms with van der Waals surface area (Å²) in [4.78, 5) is 4.34. The van der Waals surface area contributed by atoms with E-state index in [2.05, 4.69) is 28.6 Å². The fourth-order valence-electron chi connectivity index (χ4n) is 1.99. The van der Waals surface area contributed by atoms with Gasteiger partial charge >= 0.3 is 0 Å². The van der Waals surface area contributed by atoms with Gasteiger partial charge in [0.25, 0.3) is 0 Å². The zero-order valence-corrected chi connectivity index (χ0v) is 9.24. The monoisotopic (exact) mass is 205 g/mol. The number of nitrogens with zero attached hydrogens (tertiary/aromatic N) is 1. The first-order valence-corrected chi connectivity index (χ1v) is 5.74. The first kappa shape index (κ1) is 10.6. The van der Waals surface area contributed by atoms with Crippen molar-refractivity contribution >= 4 is 0 Å². The van der Waals surface area contributed by atoms with Gasteiger partial charge in [-0.15, -0.1) is 0 Å². The number of rotatable bonds is 4. The Morgan fingerprint density at radius 3 is 3.20 bits per heavy atom. The zero-order valence-electron chi connectivity index (χ0n) is 9.24. The number of nitrogens with one attached hydrogen (secondary N) is 2. The van der Waals surface area contributed by atoms with Crippen molar-refractivity contribution in [2.75, 3.05) is 13.1 Å². The number of hydrogen-bond donors (Lipinski definition) is 2. The molecular weight excluding hydrogens is 186 g/mol. The molecule has 15 heavy (non-hydrogen) atoms. The average Bonchev–Trinajstić information content (AvgIpc) is 2.80. The molecule has 1 aromatic rings. The average molecular weight is 205 g/mol. The Kier molecular flexibility index (Phi) is 3.69. The van der Waals surface area contributed by atoms with Crippen LogP contribution in [0.25, 0.3) is 0 Å². The summed E-state index contributed by atoms with van der Waals surface area (Å²) in [6.45, 7) is 4.37. The standard InChI is InChI=1S/C12H19N3/c1-10(12-6-2-3-7-14-12)15-9-11-5-4-8-13-11/h2-3,6-7,10-11,13,15H,4-5,8-9H2,1H3/t10-,11+/m0/s1. The van der Waals surface area contributed by atoms with E-state index in [1.54, 1.807) is 0 Å². The van der Waals surface area contributed by atoms with Gasteiger partial charge in [0.15, 0.2) is 0 Å². The van der Waals surface area contributed by atoms with E-state index in [4.69, 9.17) is 0 Å². The molecule has 1 aliphatic heterocycles. The highest BCUT2D eigenvalue weighted by molar-refractivity contribution is 5.07. The molecule has 0 aliphatic carbocycles. The predicted molar refractivity (Wildman–Crippen MR) is 61.7 cm³/mol. The van der Waals surface area contributed by atoms with Crippen molar-refractivity contribution in [3.8, 4) is 0 Å². The van der Waals surface area contributed by atoms with Crippen molar-refractivity contribution in [2.24, 2.45) is 0 Å². The molecule has 0 radical (unpaired) electrons. The fourth-order valence-corrected chi connectivity index (χ4v) is 1.99. The molecule has 0 unspecified atom stereocenters. The minimum absolute atomic E-state index is 0.341. The predicted octanol–water partition coefficient (Wildman–Crippen LogP) is 1.48. The molecule has 1 fully saturated rings. The number of hydrogen-bond acceptors (Lipinski definition) is 3. The number of aromatic nitrogens is 1. The van der Waals surface area contributed by atoms with Crippen molar-refractivity contribution in [2.45, 2.75) is 31.8 Å². The molecule has 1 saturated heterocycles. The normalized spacial score (nSPS) is 22.9. The molecule has 2 rings (SSSR count). The lowest BCUT2D eigenvalue weighted by Gasteiger charge is -2.16. The van der Waals surface area contributed by atoms with E-state index in [1.165, 1.54) is 19.4 Å². The van der Waals surface area contributed by atoms with Crippen molar-refractivity contribution in [1.29, 1.82) is 0 Å². The topological polar surface area (TPSA) is 37.0 Å². The summed E-state index contributed by atoms with van der Waals surface area (Å²) in [7, 11) is 0. The van der Waals surface area contributed by atoms with Crippen LogP contribution in [0.5, 0.6) is 0 Å². The van der Waals surface area contributed by atoms with E-state index >= 15 is 0 Å². The third kappa shape index (κ3) is 3.01. The van der Waals surface area contributed by atoms with Gasteiger partial charge < -0.3 is 10.6 Å². The first-order chi connectivity index (χ1) is 7.36. The van der Waals surface area contributed by atoms with Gasteiger partial charge in [0.2, 0.25) is 0 Å². The Morgan fingerprint density at radius 2 is 2.53 bits per heavy atom. The van der Waals surface area contributed by atoms with Crippen LogP contribution in [0.4, 0.5) is 0 Å². The third-order valence-corrected chi connectivity index (χ3v) is 2.96. The molecule has 0 bridgehead atoms. The maximum absolute atomic E-state index is 4.34. The van der Waals surface area contributed by atoms with Gasteiger partial charge in [0.05, 0.1) is 5.69 Å². The molecule has 0 spiro atoms. The summed E-state index contributed by atoms with van der Waals surface area (Å²) >= 11 is 0. The van der Waals surface area contributed by atoms with Crippen LogP contribution in [0, 0.1) is 0 Å². The summed E-state index contributed by atoms with van der Waals surface area (Å²) in [6, 6.07) is 7.05. The quantitative estimate of drug-likeness (QED) is 0.782. The van der Waals surface area contributed by atoms with Gasteiger partial charge in [-0.1, -0.05) is 6.07 Å². The van der Waals surface area contributed by atoms with Gasteiger partial charge in [0, 0.05) is 24.8 Å². The van der Waals surface area contributed by atoms with Crippen LogP contribution in [0.1, 0.15) is 31.5 Å². The lowest BCUT2D eigenvalue weighted by molar-refractivity contribution is 0.484. The van der Waals surface area contributed by atoms with Crippen LogP contribution in [-0.2, 0) is 0 Å². The molecule has 0 amide bonds. The van der Waals surface area contributed by atoms with Gasteiger partial charge in [-0.05, 0) is 38.4 Å². The summed E-state index contributed by atoms with van der Waals surface area (Å²) in [6.07, 6.45) is 4.45. The fraction of sp³-hybridized carbons (Fsp3) is 0.583. The Labute approximate surface area is 91.3 Å². The van der Waals surface area contributed by atoms with Crippen molar-refractivity contribution in [3.05, 3.63) is 30.1 Å². The van der Waals surface area contributed by atoms with Gasteiger partial charge in [0.1, 0.15) is 0 Å². The van der Waals surface area contributed by atoms with Gasteiger partial charge in [-0.3, -0.25) is 4.98 Å². The van der Waals surface area contributed by atoms with Crippen LogP contribution in [-0.4, -0.2) is 24.1 Å². The van der Waals surface area contributed by atoms with E-state index in [0.717, 1.165) is 12.2 Å². The Bertz CT molecular complexity index is 280. The molecule has 1 aliphatic rings. The van der Waals surface area contributed by atoms with Gasteiger partial charge in [-0.2, -0.15) is 0 Å². The van der Waals surface area contributed by atoms with E-state index in [-0.39, 0.29) is 0 Å². The van der Waals surface area contributed by atoms with E-state index in [0.29, 0.717) is 12.1 Å². The Hall–Kier alpha value is -0.930. The maximum atomic E-state index is 4.34. The lowest BCUT2D eigenvalue weighted by atomic mass is 10.2. The van der Waals surface area contributed by atoms with E-state index in [1.807, 2.05) is 18.3 Å². The van der Waals surface area contributed by atoms with E-state index < -0.39 is 0 Å². The van der Waals surface area contributed by atoms with Crippen LogP contribution < -0.4 is 10.6 Å². The Balaban J connectivity index is 1.79. The maximum Gasteiger partial charge on any atom is 0.0570 e. The summed E-state index contributed by atoms with van der Waals surface area (Å²) < 4.78 is 0. The summed E-state index contributed by atoms with van der Waals surface area (Å²) in [5.74, 6) is 0. The number of pyridine rings is 1. The SMILES string of the molecule is C[C@H](NC[C@H]1CCCN1)c1ccccn1. The lowest BCUT2D eigenvalue weighted by Crippen LogP contribution is -2.35. The second kappa shape index (κ2) is 5.24. The molecule has 3 nitrogen and oxygen atoms in total. The summed E-state index contributed by atoms with van der Waals surface area (Å²) in [5, 5.41) is 7.00. The van der Waals surface area contributed by atoms with Crippen LogP contribution >= 0.6 is 0 Å². The molecule has 0 saturated carbocycles. The molecule has 1 aromatic heterocycles. The van der Waals surface area contributed by atoms with E-state index in [9.17, 15) is 0 Å². The van der Waals surface area contributed by atoms with Crippen molar-refractivity contribution < 1.29 is 0 Å². The highest BCUT2D eigenvalue weighted by Gasteiger charge is 2.15. The van der Waals surface area contributed by atoms with Crippen LogP contribution in [0.3, 0.4) is 0 Å². The minimum Gasteiger partial charge on any atom is -0.313 e. The Morgan fingerprint density at radius 1 is 1.60 bits per heavy atom. The van der Waals surface area contributed by atoms with Crippen LogP contribution in [0.15, 0.2) is 24.4 Å². The zero-order chi connectivity index (χ0) is 10.5. The largest absolute Gasteiger partial charge is 0.313 e. The van der Waals surface area contributed by atoms with Crippen molar-refractivity contribution in [3.63, 3.8) is 0 Å². The molecule has 82 valence electrons. The molecule has 2 N–H and O–H groups in total. The summed E-state index contributed by atoms with van der Waals surface area (Å²) in [5.41, 5.74) is 1.12. The molecular formula is C12H19N3. The second-order valence-electron chi connectivity index (χ2n) is 4.18. The second-order valence-corrected chi connectivity index (χ2v) is 4.18. The van der Waals surface area contributed by atoms with Gasteiger partial charge in [-0.25, -0.2) is 0 Å². The minimum atomic E-state index is 0.341. The van der Waals surface area contributed by atoms with Crippen molar-refractivity contribution in [1.82, 2.24) is 15.6 Å². The van der Waals surface area contributed by atoms with Crippen LogP contribution in [0.2, 0.25) is 0 Å².